The van der Waals surface area contributed by atoms with Crippen molar-refractivity contribution in [3.05, 3.63) is 58.6 Å². The lowest BCUT2D eigenvalue weighted by Crippen LogP contribution is -2.21. The lowest BCUT2D eigenvalue weighted by atomic mass is 10.3. The topological polar surface area (TPSA) is 63.2 Å². The number of carbonyl (C=O) groups excluding carboxylic acids is 1. The third-order valence-electron chi connectivity index (χ3n) is 2.41. The van der Waals surface area contributed by atoms with Gasteiger partial charge in [-0.25, -0.2) is 8.42 Å². The van der Waals surface area contributed by atoms with Crippen molar-refractivity contribution < 1.29 is 13.2 Å². The zero-order chi connectivity index (χ0) is 14.8. The van der Waals surface area contributed by atoms with Crippen molar-refractivity contribution in [1.82, 2.24) is 0 Å². The molecule has 0 bridgehead atoms. The summed E-state index contributed by atoms with van der Waals surface area (Å²) in [4.78, 5) is 11.8. The molecule has 0 unspecified atom stereocenters. The molecule has 7 heteroatoms. The fraction of sp³-hybridized carbons (Fsp3) is 0. The summed E-state index contributed by atoms with van der Waals surface area (Å²) in [6.45, 7) is 0. The molecule has 0 spiro atoms. The molecule has 0 saturated carbocycles. The van der Waals surface area contributed by atoms with Gasteiger partial charge in [0.1, 0.15) is 0 Å². The van der Waals surface area contributed by atoms with Crippen LogP contribution in [0, 0.1) is 0 Å². The van der Waals surface area contributed by atoms with E-state index >= 15 is 0 Å². The van der Waals surface area contributed by atoms with E-state index < -0.39 is 15.1 Å². The highest BCUT2D eigenvalue weighted by molar-refractivity contribution is 8.06. The molecule has 0 atom stereocenters. The summed E-state index contributed by atoms with van der Waals surface area (Å²) in [6, 6.07) is 11.7. The van der Waals surface area contributed by atoms with Crippen LogP contribution in [-0.2, 0) is 9.84 Å². The Bertz CT molecular complexity index is 725. The minimum absolute atomic E-state index is 0.0781. The standard InChI is InChI=1S/C13H9Cl2NO3S/c14-9-6-10(15)8-11(7-9)16-13(17)20(18,19)12-4-2-1-3-5-12/h1-8H,(H,16,17). The molecule has 0 heterocycles. The van der Waals surface area contributed by atoms with Crippen LogP contribution in [0.1, 0.15) is 0 Å². The maximum absolute atomic E-state index is 12.0. The van der Waals surface area contributed by atoms with Crippen molar-refractivity contribution in [2.75, 3.05) is 5.32 Å². The van der Waals surface area contributed by atoms with Gasteiger partial charge < -0.3 is 5.32 Å². The van der Waals surface area contributed by atoms with Gasteiger partial charge in [-0.05, 0) is 30.3 Å². The summed E-state index contributed by atoms with van der Waals surface area (Å²) in [6.07, 6.45) is 0. The van der Waals surface area contributed by atoms with E-state index in [1.807, 2.05) is 0 Å². The molecule has 0 aliphatic carbocycles. The minimum Gasteiger partial charge on any atom is -0.312 e. The van der Waals surface area contributed by atoms with Gasteiger partial charge in [-0.1, -0.05) is 41.4 Å². The van der Waals surface area contributed by atoms with Crippen LogP contribution in [-0.4, -0.2) is 13.7 Å². The molecule has 2 rings (SSSR count). The average molecular weight is 330 g/mol. The smallest absolute Gasteiger partial charge is 0.312 e. The van der Waals surface area contributed by atoms with Crippen molar-refractivity contribution in [1.29, 1.82) is 0 Å². The molecule has 104 valence electrons. The molecule has 0 aliphatic rings. The Labute approximate surface area is 126 Å². The summed E-state index contributed by atoms with van der Waals surface area (Å²) in [7, 11) is -4.10. The van der Waals surface area contributed by atoms with Crippen LogP contribution in [0.5, 0.6) is 0 Å². The van der Waals surface area contributed by atoms with Crippen molar-refractivity contribution in [2.24, 2.45) is 0 Å². The van der Waals surface area contributed by atoms with E-state index in [1.165, 1.54) is 42.5 Å². The number of nitrogens with one attached hydrogen (secondary N) is 1. The number of halogens is 2. The quantitative estimate of drug-likeness (QED) is 0.905. The zero-order valence-electron chi connectivity index (χ0n) is 10.0. The van der Waals surface area contributed by atoms with Gasteiger partial charge in [0, 0.05) is 15.7 Å². The molecule has 4 nitrogen and oxygen atoms in total. The number of hydrogen-bond acceptors (Lipinski definition) is 3. The minimum atomic E-state index is -4.10. The lowest BCUT2D eigenvalue weighted by molar-refractivity contribution is 0.267. The molecule has 0 aliphatic heterocycles. The van der Waals surface area contributed by atoms with Crippen LogP contribution < -0.4 is 5.32 Å². The van der Waals surface area contributed by atoms with Crippen LogP contribution in [0.15, 0.2) is 53.4 Å². The largest absolute Gasteiger partial charge is 0.345 e. The second-order valence-electron chi connectivity index (χ2n) is 3.89. The van der Waals surface area contributed by atoms with E-state index in [1.54, 1.807) is 6.07 Å². The van der Waals surface area contributed by atoms with Gasteiger partial charge in [0.2, 0.25) is 0 Å². The van der Waals surface area contributed by atoms with Gasteiger partial charge in [0.25, 0.3) is 9.84 Å². The number of hydrogen-bond donors (Lipinski definition) is 1. The summed E-state index contributed by atoms with van der Waals surface area (Å²) in [5, 5.41) is 1.72. The zero-order valence-corrected chi connectivity index (χ0v) is 12.3. The second-order valence-corrected chi connectivity index (χ2v) is 6.61. The number of amides is 1. The Balaban J connectivity index is 2.28. The van der Waals surface area contributed by atoms with Gasteiger partial charge >= 0.3 is 5.24 Å². The van der Waals surface area contributed by atoms with Gasteiger partial charge in [-0.15, -0.1) is 0 Å². The number of rotatable bonds is 2. The van der Waals surface area contributed by atoms with Crippen LogP contribution in [0.25, 0.3) is 0 Å². The number of carbonyl (C=O) groups is 1. The maximum atomic E-state index is 12.0. The molecule has 2 aromatic rings. The van der Waals surface area contributed by atoms with Crippen molar-refractivity contribution >= 4 is 44.0 Å². The summed E-state index contributed by atoms with van der Waals surface area (Å²) >= 11 is 11.6. The van der Waals surface area contributed by atoms with Gasteiger partial charge in [0.15, 0.2) is 0 Å². The monoisotopic (exact) mass is 329 g/mol. The van der Waals surface area contributed by atoms with Crippen molar-refractivity contribution in [2.45, 2.75) is 4.90 Å². The molecule has 1 amide bonds. The highest BCUT2D eigenvalue weighted by Gasteiger charge is 2.24. The van der Waals surface area contributed by atoms with Gasteiger partial charge in [-0.3, -0.25) is 4.79 Å². The Kier molecular flexibility index (Phi) is 4.32. The molecule has 2 aromatic carbocycles. The number of anilines is 1. The van der Waals surface area contributed by atoms with Crippen molar-refractivity contribution in [3.8, 4) is 0 Å². The summed E-state index contributed by atoms with van der Waals surface area (Å²) in [5.41, 5.74) is 0.215. The number of benzene rings is 2. The predicted octanol–water partition coefficient (Wildman–Crippen LogP) is 4.00. The molecule has 1 N–H and O–H groups in total. The van der Waals surface area contributed by atoms with Gasteiger partial charge in [-0.2, -0.15) is 0 Å². The SMILES string of the molecule is O=C(Nc1cc(Cl)cc(Cl)c1)S(=O)(=O)c1ccccc1. The Hall–Kier alpha value is -1.56. The van der Waals surface area contributed by atoms with Crippen LogP contribution in [0.3, 0.4) is 0 Å². The number of sulfone groups is 1. The third-order valence-corrected chi connectivity index (χ3v) is 4.33. The highest BCUT2D eigenvalue weighted by Crippen LogP contribution is 2.23. The average Bonchev–Trinajstić information content (AvgIpc) is 2.38. The Morgan fingerprint density at radius 3 is 2.05 bits per heavy atom. The summed E-state index contributed by atoms with van der Waals surface area (Å²) in [5.74, 6) is 0. The van der Waals surface area contributed by atoms with E-state index in [-0.39, 0.29) is 10.6 Å². The first-order chi connectivity index (χ1) is 9.39. The molecule has 0 saturated heterocycles. The predicted molar refractivity (Wildman–Crippen MR) is 79.1 cm³/mol. The molecule has 0 radical (unpaired) electrons. The first-order valence-corrected chi connectivity index (χ1v) is 7.71. The fourth-order valence-electron chi connectivity index (χ4n) is 1.52. The van der Waals surface area contributed by atoms with Crippen LogP contribution in [0.2, 0.25) is 10.0 Å². The fourth-order valence-corrected chi connectivity index (χ4v) is 3.03. The van der Waals surface area contributed by atoms with Crippen LogP contribution >= 0.6 is 23.2 Å². The normalized spacial score (nSPS) is 11.1. The van der Waals surface area contributed by atoms with E-state index in [0.717, 1.165) is 0 Å². The maximum Gasteiger partial charge on any atom is 0.345 e. The van der Waals surface area contributed by atoms with Crippen LogP contribution in [0.4, 0.5) is 10.5 Å². The first kappa shape index (κ1) is 14.8. The van der Waals surface area contributed by atoms with E-state index in [9.17, 15) is 13.2 Å². The first-order valence-electron chi connectivity index (χ1n) is 5.47. The third kappa shape index (κ3) is 3.30. The highest BCUT2D eigenvalue weighted by atomic mass is 35.5. The Morgan fingerprint density at radius 1 is 0.950 bits per heavy atom. The molecular formula is C13H9Cl2NO3S. The summed E-state index contributed by atoms with van der Waals surface area (Å²) < 4.78 is 24.1. The lowest BCUT2D eigenvalue weighted by Gasteiger charge is -2.07. The van der Waals surface area contributed by atoms with E-state index in [2.05, 4.69) is 5.32 Å². The van der Waals surface area contributed by atoms with E-state index in [0.29, 0.717) is 10.0 Å². The molecule has 0 aromatic heterocycles. The van der Waals surface area contributed by atoms with E-state index in [4.69, 9.17) is 23.2 Å². The molecule has 0 fully saturated rings. The second kappa shape index (κ2) is 5.83. The molecule has 20 heavy (non-hydrogen) atoms. The Morgan fingerprint density at radius 2 is 1.50 bits per heavy atom. The molecular weight excluding hydrogens is 321 g/mol. The van der Waals surface area contributed by atoms with Crippen molar-refractivity contribution in [3.63, 3.8) is 0 Å². The van der Waals surface area contributed by atoms with Gasteiger partial charge in [0.05, 0.1) is 4.90 Å².